The van der Waals surface area contributed by atoms with E-state index in [2.05, 4.69) is 16.2 Å². The van der Waals surface area contributed by atoms with Gasteiger partial charge >= 0.3 is 0 Å². The van der Waals surface area contributed by atoms with Crippen LogP contribution in [-0.2, 0) is 0 Å². The third kappa shape index (κ3) is 6.53. The summed E-state index contributed by atoms with van der Waals surface area (Å²) in [6.45, 7) is 6.58. The lowest BCUT2D eigenvalue weighted by atomic mass is 10.1. The van der Waals surface area contributed by atoms with Crippen LogP contribution in [0.1, 0.15) is 51.8 Å². The van der Waals surface area contributed by atoms with E-state index in [-0.39, 0.29) is 17.0 Å². The Bertz CT molecular complexity index is 1190. The zero-order valence-electron chi connectivity index (χ0n) is 20.4. The van der Waals surface area contributed by atoms with E-state index >= 15 is 0 Å². The van der Waals surface area contributed by atoms with E-state index in [1.54, 1.807) is 54.6 Å². The first-order chi connectivity index (χ1) is 17.5. The Morgan fingerprint density at radius 1 is 0.639 bits per heavy atom. The van der Waals surface area contributed by atoms with Crippen molar-refractivity contribution in [1.82, 2.24) is 10.9 Å². The molecule has 3 rings (SSSR count). The molecule has 0 unspecified atom stereocenters. The van der Waals surface area contributed by atoms with Gasteiger partial charge in [0.25, 0.3) is 17.7 Å². The van der Waals surface area contributed by atoms with Crippen molar-refractivity contribution in [1.29, 1.82) is 0 Å². The number of rotatable bonds is 10. The van der Waals surface area contributed by atoms with Crippen LogP contribution in [0.4, 0.5) is 5.69 Å². The van der Waals surface area contributed by atoms with Gasteiger partial charge in [-0.25, -0.2) is 0 Å². The van der Waals surface area contributed by atoms with Gasteiger partial charge < -0.3 is 19.5 Å². The molecule has 0 radical (unpaired) electrons. The first-order valence-corrected chi connectivity index (χ1v) is 11.6. The van der Waals surface area contributed by atoms with Gasteiger partial charge in [-0.3, -0.25) is 25.2 Å². The van der Waals surface area contributed by atoms with Crippen LogP contribution in [0.2, 0.25) is 0 Å². The number of carbonyl (C=O) groups excluding carboxylic acids is 3. The summed E-state index contributed by atoms with van der Waals surface area (Å²) in [4.78, 5) is 38.3. The van der Waals surface area contributed by atoms with Gasteiger partial charge in [-0.2, -0.15) is 0 Å². The summed E-state index contributed by atoms with van der Waals surface area (Å²) in [6, 6.07) is 18.2. The van der Waals surface area contributed by atoms with Crippen molar-refractivity contribution in [2.45, 2.75) is 20.8 Å². The number of hydrazine groups is 1. The van der Waals surface area contributed by atoms with Crippen molar-refractivity contribution in [2.24, 2.45) is 0 Å². The van der Waals surface area contributed by atoms with Gasteiger partial charge in [0.2, 0.25) is 5.75 Å². The van der Waals surface area contributed by atoms with Crippen molar-refractivity contribution in [2.75, 3.05) is 25.1 Å². The molecule has 9 heteroatoms. The average molecular weight is 492 g/mol. The van der Waals surface area contributed by atoms with Gasteiger partial charge in [-0.05, 0) is 57.2 Å². The molecule has 0 aliphatic rings. The highest BCUT2D eigenvalue weighted by Gasteiger charge is 2.20. The molecule has 0 saturated carbocycles. The van der Waals surface area contributed by atoms with E-state index in [0.29, 0.717) is 48.3 Å². The van der Waals surface area contributed by atoms with Crippen LogP contribution >= 0.6 is 0 Å². The fourth-order valence-electron chi connectivity index (χ4n) is 3.35. The van der Waals surface area contributed by atoms with Gasteiger partial charge in [0.05, 0.1) is 31.1 Å². The Hall–Kier alpha value is -4.53. The number of hydrogen-bond donors (Lipinski definition) is 3. The summed E-state index contributed by atoms with van der Waals surface area (Å²) < 4.78 is 16.9. The summed E-state index contributed by atoms with van der Waals surface area (Å²) >= 11 is 0. The van der Waals surface area contributed by atoms with E-state index in [9.17, 15) is 14.4 Å². The predicted octanol–water partition coefficient (Wildman–Crippen LogP) is 4.21. The third-order valence-corrected chi connectivity index (χ3v) is 4.92. The summed E-state index contributed by atoms with van der Waals surface area (Å²) in [5.74, 6) is -0.426. The summed E-state index contributed by atoms with van der Waals surface area (Å²) in [7, 11) is 0. The predicted molar refractivity (Wildman–Crippen MR) is 136 cm³/mol. The van der Waals surface area contributed by atoms with Crippen molar-refractivity contribution >= 4 is 23.4 Å². The lowest BCUT2D eigenvalue weighted by Gasteiger charge is -2.17. The molecule has 0 aliphatic carbocycles. The monoisotopic (exact) mass is 491 g/mol. The quantitative estimate of drug-likeness (QED) is 0.366. The second-order valence-electron chi connectivity index (χ2n) is 7.37. The maximum atomic E-state index is 12.9. The van der Waals surface area contributed by atoms with Gasteiger partial charge in [0.15, 0.2) is 11.5 Å². The lowest BCUT2D eigenvalue weighted by molar-refractivity contribution is 0.0846. The summed E-state index contributed by atoms with van der Waals surface area (Å²) in [5.41, 5.74) is 5.92. The standard InChI is InChI=1S/C27H29N3O6/c1-4-34-22-16-19(17-23(35-5-2)24(22)36-6-3)26(32)29-30-27(33)20-14-10-11-15-21(20)28-25(31)18-12-8-7-9-13-18/h7-17H,4-6H2,1-3H3,(H,28,31)(H,29,32)(H,30,33). The maximum Gasteiger partial charge on any atom is 0.271 e. The Kier molecular flexibility index (Phi) is 9.27. The van der Waals surface area contributed by atoms with E-state index in [1.807, 2.05) is 20.8 Å². The number of carbonyl (C=O) groups is 3. The largest absolute Gasteiger partial charge is 0.490 e. The fraction of sp³-hybridized carbons (Fsp3) is 0.222. The highest BCUT2D eigenvalue weighted by atomic mass is 16.5. The molecule has 188 valence electrons. The van der Waals surface area contributed by atoms with Crippen molar-refractivity contribution < 1.29 is 28.6 Å². The lowest BCUT2D eigenvalue weighted by Crippen LogP contribution is -2.42. The smallest absolute Gasteiger partial charge is 0.271 e. The number of hydrogen-bond acceptors (Lipinski definition) is 6. The average Bonchev–Trinajstić information content (AvgIpc) is 2.89. The molecule has 3 N–H and O–H groups in total. The van der Waals surface area contributed by atoms with Crippen LogP contribution in [0.15, 0.2) is 66.7 Å². The summed E-state index contributed by atoms with van der Waals surface area (Å²) in [5, 5.41) is 2.73. The minimum atomic E-state index is -0.603. The highest BCUT2D eigenvalue weighted by Crippen LogP contribution is 2.39. The molecule has 0 bridgehead atoms. The van der Waals surface area contributed by atoms with Crippen LogP contribution in [0.5, 0.6) is 17.2 Å². The second kappa shape index (κ2) is 12.8. The molecule has 0 heterocycles. The van der Waals surface area contributed by atoms with Crippen LogP contribution in [0, 0.1) is 0 Å². The molecule has 0 aliphatic heterocycles. The molecular formula is C27H29N3O6. The summed E-state index contributed by atoms with van der Waals surface area (Å²) in [6.07, 6.45) is 0. The molecule has 9 nitrogen and oxygen atoms in total. The molecule has 36 heavy (non-hydrogen) atoms. The van der Waals surface area contributed by atoms with E-state index < -0.39 is 11.8 Å². The SMILES string of the molecule is CCOc1cc(C(=O)NNC(=O)c2ccccc2NC(=O)c2ccccc2)cc(OCC)c1OCC. The number of amides is 3. The molecular weight excluding hydrogens is 462 g/mol. The molecule has 3 amide bonds. The normalized spacial score (nSPS) is 10.2. The van der Waals surface area contributed by atoms with Gasteiger partial charge in [0, 0.05) is 11.1 Å². The van der Waals surface area contributed by atoms with E-state index in [1.165, 1.54) is 12.1 Å². The Morgan fingerprint density at radius 2 is 1.19 bits per heavy atom. The van der Waals surface area contributed by atoms with Gasteiger partial charge in [-0.1, -0.05) is 30.3 Å². The van der Waals surface area contributed by atoms with Gasteiger partial charge in [-0.15, -0.1) is 0 Å². The first-order valence-electron chi connectivity index (χ1n) is 11.6. The maximum absolute atomic E-state index is 12.9. The van der Waals surface area contributed by atoms with Gasteiger partial charge in [0.1, 0.15) is 0 Å². The molecule has 0 saturated heterocycles. The minimum Gasteiger partial charge on any atom is -0.490 e. The Labute approximate surface area is 209 Å². The number of benzene rings is 3. The number of para-hydroxylation sites is 1. The third-order valence-electron chi connectivity index (χ3n) is 4.92. The first kappa shape index (κ1) is 26.1. The molecule has 0 spiro atoms. The molecule has 0 atom stereocenters. The van der Waals surface area contributed by atoms with Crippen LogP contribution in [-0.4, -0.2) is 37.5 Å². The van der Waals surface area contributed by atoms with E-state index in [4.69, 9.17) is 14.2 Å². The molecule has 3 aromatic rings. The topological polar surface area (TPSA) is 115 Å². The van der Waals surface area contributed by atoms with Crippen molar-refractivity contribution in [3.8, 4) is 17.2 Å². The van der Waals surface area contributed by atoms with Crippen molar-refractivity contribution in [3.05, 3.63) is 83.4 Å². The molecule has 0 aromatic heterocycles. The molecule has 3 aromatic carbocycles. The number of anilines is 1. The number of ether oxygens (including phenoxy) is 3. The van der Waals surface area contributed by atoms with Crippen molar-refractivity contribution in [3.63, 3.8) is 0 Å². The molecule has 0 fully saturated rings. The number of nitrogens with one attached hydrogen (secondary N) is 3. The Morgan fingerprint density at radius 3 is 1.81 bits per heavy atom. The Balaban J connectivity index is 1.75. The minimum absolute atomic E-state index is 0.179. The zero-order valence-corrected chi connectivity index (χ0v) is 20.4. The van der Waals surface area contributed by atoms with E-state index in [0.717, 1.165) is 0 Å². The van der Waals surface area contributed by atoms with Crippen LogP contribution in [0.3, 0.4) is 0 Å². The second-order valence-corrected chi connectivity index (χ2v) is 7.37. The highest BCUT2D eigenvalue weighted by molar-refractivity contribution is 6.09. The van der Waals surface area contributed by atoms with Crippen LogP contribution < -0.4 is 30.4 Å². The fourth-order valence-corrected chi connectivity index (χ4v) is 3.35. The van der Waals surface area contributed by atoms with Crippen LogP contribution in [0.25, 0.3) is 0 Å². The zero-order chi connectivity index (χ0) is 25.9.